The molecule has 2 aromatic carbocycles. The second-order valence-corrected chi connectivity index (χ2v) is 11.5. The zero-order valence-electron chi connectivity index (χ0n) is 19.9. The normalized spacial score (nSPS) is 18.2. The highest BCUT2D eigenvalue weighted by Gasteiger charge is 2.36. The van der Waals surface area contributed by atoms with Gasteiger partial charge >= 0.3 is 0 Å². The number of H-pyrrole nitrogens is 1. The maximum absolute atomic E-state index is 13.8. The third-order valence-corrected chi connectivity index (χ3v) is 8.50. The molecule has 0 spiro atoms. The van der Waals surface area contributed by atoms with Gasteiger partial charge in [0.1, 0.15) is 5.56 Å². The summed E-state index contributed by atoms with van der Waals surface area (Å²) in [4.78, 5) is 32.8. The Hall–Kier alpha value is -3.14. The second kappa shape index (κ2) is 9.72. The van der Waals surface area contributed by atoms with Gasteiger partial charge < -0.3 is 14.8 Å². The molecule has 2 heterocycles. The maximum atomic E-state index is 13.8. The number of benzene rings is 2. The minimum absolute atomic E-state index is 0.0777. The van der Waals surface area contributed by atoms with E-state index in [-0.39, 0.29) is 17.5 Å². The second-order valence-electron chi connectivity index (χ2n) is 9.11. The fraction of sp³-hybridized carbons (Fsp3) is 0.308. The van der Waals surface area contributed by atoms with Gasteiger partial charge in [0.05, 0.1) is 12.3 Å². The third-order valence-electron chi connectivity index (χ3n) is 6.95. The zero-order valence-corrected chi connectivity index (χ0v) is 21.4. The molecule has 36 heavy (non-hydrogen) atoms. The summed E-state index contributed by atoms with van der Waals surface area (Å²) in [7, 11) is -3.21. The lowest BCUT2D eigenvalue weighted by atomic mass is 10.0. The largest absolute Gasteiger partial charge is 0.369 e. The number of hydrogen-bond donors (Lipinski definition) is 1. The van der Waals surface area contributed by atoms with Crippen LogP contribution in [0, 0.1) is 0 Å². The van der Waals surface area contributed by atoms with Crippen LogP contribution in [-0.2, 0) is 16.4 Å². The van der Waals surface area contributed by atoms with E-state index in [1.807, 2.05) is 12.1 Å². The predicted molar refractivity (Wildman–Crippen MR) is 141 cm³/mol. The Morgan fingerprint density at radius 3 is 2.42 bits per heavy atom. The summed E-state index contributed by atoms with van der Waals surface area (Å²) < 4.78 is 25.4. The molecule has 1 N–H and O–H groups in total. The van der Waals surface area contributed by atoms with Gasteiger partial charge in [0.25, 0.3) is 11.5 Å². The van der Waals surface area contributed by atoms with E-state index in [0.717, 1.165) is 23.2 Å². The number of anilines is 2. The Balaban J connectivity index is 1.51. The molecule has 2 aliphatic rings. The maximum Gasteiger partial charge on any atom is 0.264 e. The standard InChI is InChI=1S/C26H27ClN4O4S/c1-36(34,35)30-16-14-29(15-17-30)23-6-2-4-20-21(23)11-12-24(20)31(19-9-7-18(27)8-10-19)26(33)22-5-3-13-28-25(22)32/h2-10,13,24H,11-12,14-17H2,1H3,(H,28,32). The van der Waals surface area contributed by atoms with Crippen molar-refractivity contribution in [2.45, 2.75) is 18.9 Å². The first-order valence-corrected chi connectivity index (χ1v) is 14.1. The van der Waals surface area contributed by atoms with Crippen molar-refractivity contribution < 1.29 is 13.2 Å². The molecule has 188 valence electrons. The SMILES string of the molecule is CS(=O)(=O)N1CCN(c2cccc3c2CCC3N(C(=O)c2ccc[nH]c2=O)c2ccc(Cl)cc2)CC1. The van der Waals surface area contributed by atoms with Gasteiger partial charge in [-0.2, -0.15) is 4.31 Å². The summed E-state index contributed by atoms with van der Waals surface area (Å²) in [5, 5.41) is 0.561. The van der Waals surface area contributed by atoms with Crippen LogP contribution in [-0.4, -0.2) is 56.0 Å². The number of nitrogens with one attached hydrogen (secondary N) is 1. The van der Waals surface area contributed by atoms with Crippen LogP contribution in [0.5, 0.6) is 0 Å². The molecule has 0 bridgehead atoms. The Morgan fingerprint density at radius 2 is 1.75 bits per heavy atom. The first-order valence-electron chi connectivity index (χ1n) is 11.8. The lowest BCUT2D eigenvalue weighted by Gasteiger charge is -2.36. The van der Waals surface area contributed by atoms with Crippen molar-refractivity contribution in [3.05, 3.63) is 92.9 Å². The summed E-state index contributed by atoms with van der Waals surface area (Å²) in [5.74, 6) is -0.371. The smallest absolute Gasteiger partial charge is 0.264 e. The van der Waals surface area contributed by atoms with Crippen LogP contribution in [0.15, 0.2) is 65.6 Å². The van der Waals surface area contributed by atoms with E-state index in [1.54, 1.807) is 35.2 Å². The van der Waals surface area contributed by atoms with Crippen LogP contribution >= 0.6 is 11.6 Å². The molecule has 1 unspecified atom stereocenters. The van der Waals surface area contributed by atoms with Crippen molar-refractivity contribution in [1.82, 2.24) is 9.29 Å². The number of piperazine rings is 1. The number of aromatic nitrogens is 1. The minimum atomic E-state index is -3.21. The number of hydrogen-bond acceptors (Lipinski definition) is 5. The van der Waals surface area contributed by atoms with E-state index < -0.39 is 15.6 Å². The van der Waals surface area contributed by atoms with Crippen molar-refractivity contribution in [3.8, 4) is 0 Å². The topological polar surface area (TPSA) is 93.8 Å². The van der Waals surface area contributed by atoms with E-state index >= 15 is 0 Å². The lowest BCUT2D eigenvalue weighted by molar-refractivity contribution is 0.0974. The van der Waals surface area contributed by atoms with Crippen molar-refractivity contribution >= 4 is 38.9 Å². The highest BCUT2D eigenvalue weighted by Crippen LogP contribution is 2.43. The van der Waals surface area contributed by atoms with Crippen LogP contribution in [0.1, 0.15) is 33.9 Å². The molecule has 1 aliphatic carbocycles. The van der Waals surface area contributed by atoms with Gasteiger partial charge in [-0.25, -0.2) is 8.42 Å². The molecule has 0 saturated carbocycles. The van der Waals surface area contributed by atoms with E-state index in [0.29, 0.717) is 43.3 Å². The summed E-state index contributed by atoms with van der Waals surface area (Å²) in [6.45, 7) is 2.09. The van der Waals surface area contributed by atoms with Crippen molar-refractivity contribution in [2.75, 3.05) is 42.2 Å². The molecule has 3 aromatic rings. The molecule has 0 radical (unpaired) electrons. The summed E-state index contributed by atoms with van der Waals surface area (Å²) in [6.07, 6.45) is 4.22. The van der Waals surface area contributed by atoms with Crippen molar-refractivity contribution in [2.24, 2.45) is 0 Å². The fourth-order valence-corrected chi connectivity index (χ4v) is 6.15. The van der Waals surface area contributed by atoms with Gasteiger partial charge in [0, 0.05) is 48.8 Å². The number of halogens is 1. The monoisotopic (exact) mass is 526 g/mol. The van der Waals surface area contributed by atoms with Crippen LogP contribution in [0.25, 0.3) is 0 Å². The Bertz CT molecular complexity index is 1450. The van der Waals surface area contributed by atoms with E-state index in [9.17, 15) is 18.0 Å². The molecule has 1 aliphatic heterocycles. The molecule has 10 heteroatoms. The number of aromatic amines is 1. The highest BCUT2D eigenvalue weighted by molar-refractivity contribution is 7.88. The molecule has 1 saturated heterocycles. The number of nitrogens with zero attached hydrogens (tertiary/aromatic N) is 3. The van der Waals surface area contributed by atoms with Crippen LogP contribution in [0.3, 0.4) is 0 Å². The summed E-state index contributed by atoms with van der Waals surface area (Å²) in [5.41, 5.74) is 3.57. The highest BCUT2D eigenvalue weighted by atomic mass is 35.5. The van der Waals surface area contributed by atoms with Crippen molar-refractivity contribution in [1.29, 1.82) is 0 Å². The predicted octanol–water partition coefficient (Wildman–Crippen LogP) is 3.44. The molecular formula is C26H27ClN4O4S. The van der Waals surface area contributed by atoms with Crippen LogP contribution in [0.4, 0.5) is 11.4 Å². The number of amides is 1. The van der Waals surface area contributed by atoms with Crippen LogP contribution in [0.2, 0.25) is 5.02 Å². The number of pyridine rings is 1. The lowest BCUT2D eigenvalue weighted by Crippen LogP contribution is -2.48. The Kier molecular flexibility index (Phi) is 6.63. The number of carbonyl (C=O) groups is 1. The summed E-state index contributed by atoms with van der Waals surface area (Å²) >= 11 is 6.12. The first kappa shape index (κ1) is 24.5. The molecule has 1 fully saturated rings. The number of rotatable bonds is 5. The molecule has 8 nitrogen and oxygen atoms in total. The van der Waals surface area contributed by atoms with E-state index in [2.05, 4.69) is 16.0 Å². The average Bonchev–Trinajstić information content (AvgIpc) is 3.29. The average molecular weight is 527 g/mol. The van der Waals surface area contributed by atoms with Gasteiger partial charge in [-0.1, -0.05) is 23.7 Å². The Labute approximate surface area is 215 Å². The molecule has 1 aromatic heterocycles. The molecule has 5 rings (SSSR count). The van der Waals surface area contributed by atoms with E-state index in [4.69, 9.17) is 11.6 Å². The van der Waals surface area contributed by atoms with Gasteiger partial charge in [-0.15, -0.1) is 0 Å². The van der Waals surface area contributed by atoms with Crippen LogP contribution < -0.4 is 15.4 Å². The quantitative estimate of drug-likeness (QED) is 0.549. The van der Waals surface area contributed by atoms with Gasteiger partial charge in [-0.05, 0) is 66.4 Å². The Morgan fingerprint density at radius 1 is 1.03 bits per heavy atom. The fourth-order valence-electron chi connectivity index (χ4n) is 5.20. The van der Waals surface area contributed by atoms with Crippen molar-refractivity contribution in [3.63, 3.8) is 0 Å². The molecule has 1 atom stereocenters. The van der Waals surface area contributed by atoms with Gasteiger partial charge in [0.15, 0.2) is 0 Å². The molecular weight excluding hydrogens is 500 g/mol. The number of sulfonamides is 1. The summed E-state index contributed by atoms with van der Waals surface area (Å²) in [6, 6.07) is 16.1. The third kappa shape index (κ3) is 4.66. The zero-order chi connectivity index (χ0) is 25.4. The number of carbonyl (C=O) groups excluding carboxylic acids is 1. The number of fused-ring (bicyclic) bond motifs is 1. The molecule has 1 amide bonds. The van der Waals surface area contributed by atoms with Gasteiger partial charge in [-0.3, -0.25) is 9.59 Å². The van der Waals surface area contributed by atoms with Gasteiger partial charge in [0.2, 0.25) is 10.0 Å². The minimum Gasteiger partial charge on any atom is -0.369 e. The first-order chi connectivity index (χ1) is 17.2. The van der Waals surface area contributed by atoms with E-state index in [1.165, 1.54) is 22.8 Å².